The molecule has 2 aromatic carbocycles. The van der Waals surface area contributed by atoms with E-state index in [4.69, 9.17) is 14.5 Å². The van der Waals surface area contributed by atoms with E-state index in [0.717, 1.165) is 28.8 Å². The first kappa shape index (κ1) is 21.1. The van der Waals surface area contributed by atoms with Gasteiger partial charge >= 0.3 is 0 Å². The van der Waals surface area contributed by atoms with E-state index in [1.54, 1.807) is 7.11 Å². The Kier molecular flexibility index (Phi) is 6.67. The Balaban J connectivity index is 1.61. The zero-order valence-corrected chi connectivity index (χ0v) is 18.6. The van der Waals surface area contributed by atoms with Crippen molar-refractivity contribution in [3.63, 3.8) is 0 Å². The molecule has 160 valence electrons. The minimum atomic E-state index is -0.145. The van der Waals surface area contributed by atoms with E-state index in [-0.39, 0.29) is 5.56 Å². The number of nitrogens with zero attached hydrogens (tertiary/aromatic N) is 1. The van der Waals surface area contributed by atoms with Crippen molar-refractivity contribution >= 4 is 21.6 Å². The lowest BCUT2D eigenvalue weighted by Gasteiger charge is -2.12. The SMILES string of the molecule is CCCCCCOc1ccc(-c2nc3sc(-c4ccccc4)cc3c(=O)[nH]2)cc1OC. The van der Waals surface area contributed by atoms with Crippen LogP contribution in [0.25, 0.3) is 32.0 Å². The molecule has 0 amide bonds. The number of methoxy groups -OCH3 is 1. The number of aromatic amines is 1. The number of nitrogens with one attached hydrogen (secondary N) is 1. The number of fused-ring (bicyclic) bond motifs is 1. The van der Waals surface area contributed by atoms with E-state index >= 15 is 0 Å². The molecule has 0 aliphatic rings. The Morgan fingerprint density at radius 1 is 0.968 bits per heavy atom. The summed E-state index contributed by atoms with van der Waals surface area (Å²) in [4.78, 5) is 22.1. The second-order valence-electron chi connectivity index (χ2n) is 7.38. The van der Waals surface area contributed by atoms with Crippen LogP contribution in [-0.4, -0.2) is 23.7 Å². The van der Waals surface area contributed by atoms with Crippen molar-refractivity contribution in [1.29, 1.82) is 0 Å². The average molecular weight is 435 g/mol. The molecule has 2 aromatic heterocycles. The third-order valence-electron chi connectivity index (χ3n) is 5.15. The van der Waals surface area contributed by atoms with Gasteiger partial charge in [0.2, 0.25) is 0 Å². The zero-order valence-electron chi connectivity index (χ0n) is 17.8. The summed E-state index contributed by atoms with van der Waals surface area (Å²) in [5.74, 6) is 1.85. The molecule has 0 saturated heterocycles. The van der Waals surface area contributed by atoms with Crippen LogP contribution in [0, 0.1) is 0 Å². The number of ether oxygens (including phenoxy) is 2. The molecule has 1 N–H and O–H groups in total. The minimum Gasteiger partial charge on any atom is -0.493 e. The molecular weight excluding hydrogens is 408 g/mol. The van der Waals surface area contributed by atoms with E-state index in [9.17, 15) is 4.79 Å². The van der Waals surface area contributed by atoms with Crippen molar-refractivity contribution in [1.82, 2.24) is 9.97 Å². The van der Waals surface area contributed by atoms with Gasteiger partial charge in [0, 0.05) is 10.4 Å². The van der Waals surface area contributed by atoms with Crippen molar-refractivity contribution in [3.05, 3.63) is 65.0 Å². The van der Waals surface area contributed by atoms with Crippen molar-refractivity contribution in [2.24, 2.45) is 0 Å². The molecule has 0 spiro atoms. The highest BCUT2D eigenvalue weighted by Crippen LogP contribution is 2.34. The Bertz CT molecular complexity index is 1210. The van der Waals surface area contributed by atoms with Crippen LogP contribution in [0.1, 0.15) is 32.6 Å². The van der Waals surface area contributed by atoms with Gasteiger partial charge in [-0.05, 0) is 36.2 Å². The summed E-state index contributed by atoms with van der Waals surface area (Å²) in [7, 11) is 1.62. The van der Waals surface area contributed by atoms with Crippen molar-refractivity contribution in [2.75, 3.05) is 13.7 Å². The fourth-order valence-electron chi connectivity index (χ4n) is 3.46. The minimum absolute atomic E-state index is 0.145. The summed E-state index contributed by atoms with van der Waals surface area (Å²) in [6.45, 7) is 2.85. The van der Waals surface area contributed by atoms with E-state index in [1.807, 2.05) is 54.6 Å². The van der Waals surface area contributed by atoms with Crippen molar-refractivity contribution < 1.29 is 9.47 Å². The summed E-state index contributed by atoms with van der Waals surface area (Å²) in [6, 6.07) is 17.6. The Labute approximate surface area is 185 Å². The van der Waals surface area contributed by atoms with Crippen LogP contribution in [0.15, 0.2) is 59.4 Å². The largest absolute Gasteiger partial charge is 0.493 e. The third kappa shape index (κ3) is 4.80. The summed E-state index contributed by atoms with van der Waals surface area (Å²) in [6.07, 6.45) is 4.60. The number of aromatic nitrogens is 2. The quantitative estimate of drug-likeness (QED) is 0.315. The molecule has 4 aromatic rings. The predicted octanol–water partition coefficient (Wildman–Crippen LogP) is 6.29. The Hall–Kier alpha value is -3.12. The second kappa shape index (κ2) is 9.79. The molecule has 0 saturated carbocycles. The molecule has 0 unspecified atom stereocenters. The van der Waals surface area contributed by atoms with Gasteiger partial charge in [0.25, 0.3) is 5.56 Å². The number of thiophene rings is 1. The van der Waals surface area contributed by atoms with Crippen LogP contribution in [0.2, 0.25) is 0 Å². The molecule has 0 aliphatic heterocycles. The molecular formula is C25H26N2O3S. The number of rotatable bonds is 9. The van der Waals surface area contributed by atoms with Crippen LogP contribution in [0.4, 0.5) is 0 Å². The molecule has 0 atom stereocenters. The van der Waals surface area contributed by atoms with E-state index in [0.29, 0.717) is 34.1 Å². The molecule has 0 fully saturated rings. The highest BCUT2D eigenvalue weighted by molar-refractivity contribution is 7.21. The van der Waals surface area contributed by atoms with Gasteiger partial charge in [-0.25, -0.2) is 4.98 Å². The molecule has 5 nitrogen and oxygen atoms in total. The first-order valence-corrected chi connectivity index (χ1v) is 11.4. The molecule has 31 heavy (non-hydrogen) atoms. The van der Waals surface area contributed by atoms with Crippen LogP contribution in [0.3, 0.4) is 0 Å². The number of hydrogen-bond donors (Lipinski definition) is 1. The maximum Gasteiger partial charge on any atom is 0.259 e. The van der Waals surface area contributed by atoms with Gasteiger partial charge in [-0.15, -0.1) is 11.3 Å². The van der Waals surface area contributed by atoms with Crippen LogP contribution < -0.4 is 15.0 Å². The normalized spacial score (nSPS) is 11.0. The van der Waals surface area contributed by atoms with Crippen molar-refractivity contribution in [3.8, 4) is 33.3 Å². The Morgan fingerprint density at radius 3 is 2.58 bits per heavy atom. The summed E-state index contributed by atoms with van der Waals surface area (Å²) < 4.78 is 11.4. The maximum atomic E-state index is 12.7. The predicted molar refractivity (Wildman–Crippen MR) is 127 cm³/mol. The van der Waals surface area contributed by atoms with Gasteiger partial charge < -0.3 is 14.5 Å². The van der Waals surface area contributed by atoms with E-state index < -0.39 is 0 Å². The van der Waals surface area contributed by atoms with Crippen molar-refractivity contribution in [2.45, 2.75) is 32.6 Å². The third-order valence-corrected chi connectivity index (χ3v) is 6.23. The van der Waals surface area contributed by atoms with Gasteiger partial charge in [-0.3, -0.25) is 4.79 Å². The van der Waals surface area contributed by atoms with Crippen LogP contribution in [0.5, 0.6) is 11.5 Å². The number of hydrogen-bond acceptors (Lipinski definition) is 5. The lowest BCUT2D eigenvalue weighted by molar-refractivity contribution is 0.285. The number of benzene rings is 2. The fourth-order valence-corrected chi connectivity index (χ4v) is 4.50. The van der Waals surface area contributed by atoms with Gasteiger partial charge in [0.15, 0.2) is 11.5 Å². The van der Waals surface area contributed by atoms with Crippen LogP contribution in [-0.2, 0) is 0 Å². The molecule has 0 aliphatic carbocycles. The van der Waals surface area contributed by atoms with Gasteiger partial charge in [-0.2, -0.15) is 0 Å². The summed E-state index contributed by atoms with van der Waals surface area (Å²) in [5, 5.41) is 0.603. The van der Waals surface area contributed by atoms with Gasteiger partial charge in [0.05, 0.1) is 19.1 Å². The van der Waals surface area contributed by atoms with Gasteiger partial charge in [-0.1, -0.05) is 56.5 Å². The van der Waals surface area contributed by atoms with E-state index in [1.165, 1.54) is 24.2 Å². The molecule has 0 radical (unpaired) electrons. The lowest BCUT2D eigenvalue weighted by Crippen LogP contribution is -2.08. The first-order chi connectivity index (χ1) is 15.2. The Morgan fingerprint density at radius 2 is 1.81 bits per heavy atom. The van der Waals surface area contributed by atoms with Crippen LogP contribution >= 0.6 is 11.3 Å². The highest BCUT2D eigenvalue weighted by atomic mass is 32.1. The average Bonchev–Trinajstić information content (AvgIpc) is 3.24. The highest BCUT2D eigenvalue weighted by Gasteiger charge is 2.13. The maximum absolute atomic E-state index is 12.7. The molecule has 0 bridgehead atoms. The second-order valence-corrected chi connectivity index (χ2v) is 8.42. The molecule has 2 heterocycles. The smallest absolute Gasteiger partial charge is 0.259 e. The monoisotopic (exact) mass is 434 g/mol. The fraction of sp³-hybridized carbons (Fsp3) is 0.280. The number of H-pyrrole nitrogens is 1. The zero-order chi connectivity index (χ0) is 21.6. The topological polar surface area (TPSA) is 64.2 Å². The van der Waals surface area contributed by atoms with E-state index in [2.05, 4.69) is 11.9 Å². The number of unbranched alkanes of at least 4 members (excludes halogenated alkanes) is 3. The molecule has 4 rings (SSSR count). The first-order valence-electron chi connectivity index (χ1n) is 10.6. The standard InChI is InChI=1S/C25H26N2O3S/c1-3-4-5-9-14-30-20-13-12-18(15-21(20)29-2)23-26-24(28)19-16-22(31-25(19)27-23)17-10-7-6-8-11-17/h6-8,10-13,15-16H,3-5,9,14H2,1-2H3,(H,26,27,28). The molecule has 6 heteroatoms. The lowest BCUT2D eigenvalue weighted by atomic mass is 10.1. The summed E-state index contributed by atoms with van der Waals surface area (Å²) >= 11 is 1.52. The summed E-state index contributed by atoms with van der Waals surface area (Å²) in [5.41, 5.74) is 1.71. The van der Waals surface area contributed by atoms with Gasteiger partial charge in [0.1, 0.15) is 10.7 Å².